The Morgan fingerprint density at radius 3 is 2.47 bits per heavy atom. The number of nitrogen functional groups attached to an aromatic ring is 1. The van der Waals surface area contributed by atoms with Crippen LogP contribution in [0, 0.1) is 0 Å². The van der Waals surface area contributed by atoms with Gasteiger partial charge in [-0.25, -0.2) is 9.13 Å². The van der Waals surface area contributed by atoms with Gasteiger partial charge in [0.15, 0.2) is 13.1 Å². The third-order valence-electron chi connectivity index (χ3n) is 5.38. The van der Waals surface area contributed by atoms with Crippen LogP contribution < -0.4 is 15.9 Å². The molecule has 5 N–H and O–H groups in total. The zero-order valence-electron chi connectivity index (χ0n) is 19.5. The third-order valence-corrected chi connectivity index (χ3v) is 5.86. The average molecular weight is 516 g/mol. The number of anilines is 1. The van der Waals surface area contributed by atoms with Crippen molar-refractivity contribution in [1.29, 1.82) is 0 Å². The second-order valence-electron chi connectivity index (χ2n) is 8.06. The number of nitrogens with two attached hydrogens (primary N) is 1. The summed E-state index contributed by atoms with van der Waals surface area (Å²) in [6, 6.07) is 18.0. The van der Waals surface area contributed by atoms with E-state index in [2.05, 4.69) is 14.5 Å². The summed E-state index contributed by atoms with van der Waals surface area (Å²) < 4.78 is 29.7. The summed E-state index contributed by atoms with van der Waals surface area (Å²) in [5, 5.41) is 0. The molecule has 12 nitrogen and oxygen atoms in total. The lowest BCUT2D eigenvalue weighted by molar-refractivity contribution is -0.714. The summed E-state index contributed by atoms with van der Waals surface area (Å²) in [6.07, 6.45) is 0.893. The Morgan fingerprint density at radius 2 is 1.81 bits per heavy atom. The highest BCUT2D eigenvalue weighted by atomic mass is 31.2. The molecule has 36 heavy (non-hydrogen) atoms. The fourth-order valence-electron chi connectivity index (χ4n) is 3.75. The van der Waals surface area contributed by atoms with Crippen molar-refractivity contribution in [1.82, 2.24) is 14.5 Å². The molecule has 190 valence electrons. The number of hydrogen-bond acceptors (Lipinski definition) is 7. The zero-order valence-corrected chi connectivity index (χ0v) is 20.4. The van der Waals surface area contributed by atoms with Crippen molar-refractivity contribution in [2.45, 2.75) is 19.4 Å². The topological polar surface area (TPSA) is 166 Å². The van der Waals surface area contributed by atoms with E-state index in [1.165, 1.54) is 7.11 Å². The Labute approximate surface area is 206 Å². The fraction of sp³-hybridized carbons (Fsp3) is 0.261. The van der Waals surface area contributed by atoms with Crippen LogP contribution in [0.25, 0.3) is 22.3 Å². The number of benzene rings is 2. The molecule has 0 aliphatic rings. The normalized spacial score (nSPS) is 12.8. The van der Waals surface area contributed by atoms with Crippen molar-refractivity contribution in [2.24, 2.45) is 0 Å². The van der Waals surface area contributed by atoms with E-state index in [1.54, 1.807) is 15.5 Å². The van der Waals surface area contributed by atoms with Gasteiger partial charge in [0, 0.05) is 7.11 Å². The molecule has 4 aromatic rings. The molecule has 1 atom stereocenters. The van der Waals surface area contributed by atoms with Crippen LogP contribution in [0.1, 0.15) is 5.56 Å². The van der Waals surface area contributed by atoms with E-state index in [9.17, 15) is 9.36 Å². The van der Waals surface area contributed by atoms with Crippen molar-refractivity contribution in [3.8, 4) is 11.1 Å². The van der Waals surface area contributed by atoms with Crippen LogP contribution in [-0.4, -0.2) is 50.7 Å². The Bertz CT molecular complexity index is 1420. The number of H-pyrrole nitrogens is 1. The maximum Gasteiger partial charge on any atom is 0.469 e. The minimum atomic E-state index is -4.67. The number of methoxy groups -OCH3 is 1. The molecule has 1 unspecified atom stereocenters. The van der Waals surface area contributed by atoms with Crippen molar-refractivity contribution >= 4 is 24.9 Å². The lowest BCUT2D eigenvalue weighted by Gasteiger charge is -2.16. The summed E-state index contributed by atoms with van der Waals surface area (Å²) >= 11 is 0. The van der Waals surface area contributed by atoms with Gasteiger partial charge in [0.1, 0.15) is 6.10 Å². The van der Waals surface area contributed by atoms with Crippen LogP contribution in [-0.2, 0) is 31.8 Å². The zero-order chi connectivity index (χ0) is 25.7. The van der Waals surface area contributed by atoms with Crippen molar-refractivity contribution in [3.63, 3.8) is 0 Å². The Hall–Kier alpha value is -3.38. The first kappa shape index (κ1) is 25.7. The van der Waals surface area contributed by atoms with Gasteiger partial charge in [-0.3, -0.25) is 18.9 Å². The van der Waals surface area contributed by atoms with Gasteiger partial charge in [0.05, 0.1) is 19.8 Å². The van der Waals surface area contributed by atoms with Crippen LogP contribution >= 0.6 is 7.82 Å². The predicted octanol–water partition coefficient (Wildman–Crippen LogP) is 1.41. The number of rotatable bonds is 11. The summed E-state index contributed by atoms with van der Waals surface area (Å²) in [5.74, 6) is -0.0514. The van der Waals surface area contributed by atoms with Gasteiger partial charge in [-0.1, -0.05) is 59.6 Å². The fourth-order valence-corrected chi connectivity index (χ4v) is 4.11. The van der Waals surface area contributed by atoms with Gasteiger partial charge in [0.25, 0.3) is 11.5 Å². The molecule has 0 spiro atoms. The first-order valence-electron chi connectivity index (χ1n) is 11.0. The van der Waals surface area contributed by atoms with Crippen molar-refractivity contribution < 1.29 is 32.9 Å². The molecule has 13 heteroatoms. The lowest BCUT2D eigenvalue weighted by atomic mass is 10.0. The number of hydrogen-bond donors (Lipinski definition) is 4. The van der Waals surface area contributed by atoms with Gasteiger partial charge < -0.3 is 25.0 Å². The molecule has 0 bridgehead atoms. The number of aromatic nitrogens is 4. The molecule has 2 heterocycles. The summed E-state index contributed by atoms with van der Waals surface area (Å²) in [6.45, 7) is -0.0642. The number of aromatic amines is 1. The molecule has 0 saturated heterocycles. The predicted molar refractivity (Wildman–Crippen MR) is 131 cm³/mol. The minimum Gasteiger partial charge on any atom is -0.382 e. The lowest BCUT2D eigenvalue weighted by Crippen LogP contribution is -2.39. The summed E-state index contributed by atoms with van der Waals surface area (Å²) in [5.41, 5.74) is 9.10. The molecular formula is C23H27N5O7P+. The Balaban J connectivity index is 1.58. The van der Waals surface area contributed by atoms with E-state index >= 15 is 0 Å². The number of ether oxygens (including phenoxy) is 2. The van der Waals surface area contributed by atoms with Crippen LogP contribution in [0.15, 0.2) is 65.7 Å². The standard InChI is InChI=1S/C23H26N5O7P/c1-33-12-19(13-35-36(30,31)32)34-15-28-14-27(20-21(28)25-23(24)26-22(20)29)11-16-7-9-18(10-8-16)17-5-3-2-4-6-17/h2-10,14,19H,11-13,15H2,1H3,(H4-,24,25,26,29,30,31,32)/p+1. The third kappa shape index (κ3) is 6.43. The number of phosphoric ester groups is 1. The Kier molecular flexibility index (Phi) is 7.94. The molecule has 0 fully saturated rings. The number of phosphoric acid groups is 1. The van der Waals surface area contributed by atoms with Crippen LogP contribution in [0.5, 0.6) is 0 Å². The smallest absolute Gasteiger partial charge is 0.382 e. The number of imidazole rings is 1. The van der Waals surface area contributed by atoms with Crippen LogP contribution in [0.4, 0.5) is 5.95 Å². The molecular weight excluding hydrogens is 489 g/mol. The second kappa shape index (κ2) is 11.1. The average Bonchev–Trinajstić information content (AvgIpc) is 3.18. The van der Waals surface area contributed by atoms with E-state index in [-0.39, 0.29) is 25.9 Å². The number of fused-ring (bicyclic) bond motifs is 1. The first-order chi connectivity index (χ1) is 17.2. The highest BCUT2D eigenvalue weighted by Crippen LogP contribution is 2.35. The Morgan fingerprint density at radius 1 is 1.11 bits per heavy atom. The van der Waals surface area contributed by atoms with Gasteiger partial charge in [-0.15, -0.1) is 0 Å². The first-order valence-corrected chi connectivity index (χ1v) is 12.5. The number of nitrogens with one attached hydrogen (secondary N) is 1. The van der Waals surface area contributed by atoms with Gasteiger partial charge >= 0.3 is 13.5 Å². The maximum atomic E-state index is 12.7. The second-order valence-corrected chi connectivity index (χ2v) is 9.30. The number of nitrogens with zero attached hydrogens (tertiary/aromatic N) is 3. The summed E-state index contributed by atoms with van der Waals surface area (Å²) in [7, 11) is -3.24. The van der Waals surface area contributed by atoms with Gasteiger partial charge in [-0.2, -0.15) is 0 Å². The molecule has 0 radical (unpaired) electrons. The van der Waals surface area contributed by atoms with E-state index in [4.69, 9.17) is 25.0 Å². The highest BCUT2D eigenvalue weighted by molar-refractivity contribution is 7.46. The molecule has 4 rings (SSSR count). The van der Waals surface area contributed by atoms with E-state index < -0.39 is 19.5 Å². The van der Waals surface area contributed by atoms with Crippen LogP contribution in [0.3, 0.4) is 0 Å². The van der Waals surface area contributed by atoms with Crippen molar-refractivity contribution in [3.05, 3.63) is 76.8 Å². The van der Waals surface area contributed by atoms with Crippen molar-refractivity contribution in [2.75, 3.05) is 26.1 Å². The molecule has 2 aromatic carbocycles. The largest absolute Gasteiger partial charge is 0.469 e. The molecule has 0 amide bonds. The van der Waals surface area contributed by atoms with Crippen LogP contribution in [0.2, 0.25) is 0 Å². The molecule has 2 aromatic heterocycles. The monoisotopic (exact) mass is 516 g/mol. The van der Waals surface area contributed by atoms with Gasteiger partial charge in [0.2, 0.25) is 5.52 Å². The summed E-state index contributed by atoms with van der Waals surface area (Å²) in [4.78, 5) is 37.5. The van der Waals surface area contributed by atoms with Gasteiger partial charge in [-0.05, 0) is 16.7 Å². The maximum absolute atomic E-state index is 12.7. The molecule has 0 saturated carbocycles. The molecule has 0 aliphatic heterocycles. The van der Waals surface area contributed by atoms with E-state index in [0.29, 0.717) is 17.7 Å². The van der Waals surface area contributed by atoms with E-state index in [1.807, 2.05) is 54.6 Å². The quantitative estimate of drug-likeness (QED) is 0.170. The minimum absolute atomic E-state index is 0.0309. The SMILES string of the molecule is COCC(COP(=O)(O)O)OC[n+]1cn(Cc2ccc(-c3ccccc3)cc2)c2c(=O)[nH]c(N)nc21. The molecule has 0 aliphatic carbocycles. The highest BCUT2D eigenvalue weighted by Gasteiger charge is 2.24. The van der Waals surface area contributed by atoms with E-state index in [0.717, 1.165) is 16.7 Å².